The van der Waals surface area contributed by atoms with Gasteiger partial charge < -0.3 is 9.84 Å². The molecule has 0 aliphatic carbocycles. The van der Waals surface area contributed by atoms with Crippen molar-refractivity contribution in [3.63, 3.8) is 0 Å². The van der Waals surface area contributed by atoms with Crippen molar-refractivity contribution in [1.29, 1.82) is 0 Å². The van der Waals surface area contributed by atoms with Gasteiger partial charge in [-0.3, -0.25) is 0 Å². The highest BCUT2D eigenvalue weighted by Crippen LogP contribution is 2.30. The van der Waals surface area contributed by atoms with Gasteiger partial charge in [-0.2, -0.15) is 0 Å². The van der Waals surface area contributed by atoms with E-state index in [1.54, 1.807) is 6.92 Å². The molecule has 0 radical (unpaired) electrons. The summed E-state index contributed by atoms with van der Waals surface area (Å²) in [7, 11) is 0. The first-order valence-electron chi connectivity index (χ1n) is 8.78. The van der Waals surface area contributed by atoms with Crippen molar-refractivity contribution in [2.75, 3.05) is 0 Å². The molecule has 2 aliphatic heterocycles. The third kappa shape index (κ3) is 4.81. The fourth-order valence-electron chi connectivity index (χ4n) is 3.18. The zero-order valence-electron chi connectivity index (χ0n) is 14.9. The first kappa shape index (κ1) is 18.0. The molecule has 23 heavy (non-hydrogen) atoms. The number of ether oxygens (including phenoxy) is 1. The summed E-state index contributed by atoms with van der Waals surface area (Å²) >= 11 is 0. The normalized spacial score (nSPS) is 30.3. The predicted molar refractivity (Wildman–Crippen MR) is 93.0 cm³/mol. The summed E-state index contributed by atoms with van der Waals surface area (Å²) in [5.41, 5.74) is 2.34. The molecule has 0 aromatic heterocycles. The number of carbonyl (C=O) groups excluding carboxylic acids is 1. The van der Waals surface area contributed by atoms with Crippen molar-refractivity contribution in [2.45, 2.75) is 77.9 Å². The number of esters is 1. The van der Waals surface area contributed by atoms with Crippen LogP contribution in [0.4, 0.5) is 0 Å². The zero-order chi connectivity index (χ0) is 17.0. The summed E-state index contributed by atoms with van der Waals surface area (Å²) in [5, 5.41) is 10.8. The molecule has 0 aromatic carbocycles. The van der Waals surface area contributed by atoms with E-state index in [9.17, 15) is 9.90 Å². The first-order chi connectivity index (χ1) is 10.8. The molecule has 2 rings (SSSR count). The molecule has 0 fully saturated rings. The van der Waals surface area contributed by atoms with E-state index in [1.165, 1.54) is 11.1 Å². The van der Waals surface area contributed by atoms with E-state index < -0.39 is 11.7 Å². The molecule has 2 atom stereocenters. The summed E-state index contributed by atoms with van der Waals surface area (Å²) in [4.78, 5) is 12.5. The lowest BCUT2D eigenvalue weighted by atomic mass is 9.86. The average Bonchev–Trinajstić information content (AvgIpc) is 2.45. The summed E-state index contributed by atoms with van der Waals surface area (Å²) < 4.78 is 5.70. The number of allylic oxidation sites excluding steroid dienone is 4. The number of hydrogen-bond donors (Lipinski definition) is 1. The molecule has 0 aromatic rings. The Morgan fingerprint density at radius 3 is 2.65 bits per heavy atom. The number of rotatable bonds is 1. The molecule has 0 amide bonds. The highest BCUT2D eigenvalue weighted by Gasteiger charge is 2.35. The van der Waals surface area contributed by atoms with E-state index in [0.29, 0.717) is 25.2 Å². The molecular formula is C20H30O3. The first-order valence-corrected chi connectivity index (χ1v) is 8.78. The molecule has 0 saturated heterocycles. The van der Waals surface area contributed by atoms with Crippen LogP contribution in [-0.2, 0) is 9.53 Å². The van der Waals surface area contributed by atoms with Crippen LogP contribution in [0, 0.1) is 5.92 Å². The van der Waals surface area contributed by atoms with Crippen LogP contribution < -0.4 is 0 Å². The fraction of sp³-hybridized carbons (Fsp3) is 0.650. The Bertz CT molecular complexity index is 535. The van der Waals surface area contributed by atoms with E-state index in [2.05, 4.69) is 26.8 Å². The third-order valence-corrected chi connectivity index (χ3v) is 4.97. The van der Waals surface area contributed by atoms with E-state index in [4.69, 9.17) is 4.74 Å². The zero-order valence-corrected chi connectivity index (χ0v) is 14.9. The molecule has 0 saturated carbocycles. The van der Waals surface area contributed by atoms with Crippen molar-refractivity contribution in [2.24, 2.45) is 5.92 Å². The molecule has 0 spiro atoms. The fourth-order valence-corrected chi connectivity index (χ4v) is 3.18. The topological polar surface area (TPSA) is 46.5 Å². The Hall–Kier alpha value is -1.35. The lowest BCUT2D eigenvalue weighted by molar-refractivity contribution is -0.155. The Morgan fingerprint density at radius 2 is 1.96 bits per heavy atom. The molecular weight excluding hydrogens is 288 g/mol. The molecule has 3 nitrogen and oxygen atoms in total. The van der Waals surface area contributed by atoms with Crippen LogP contribution in [0.1, 0.15) is 66.2 Å². The lowest BCUT2D eigenvalue weighted by Crippen LogP contribution is -2.42. The minimum absolute atomic E-state index is 0.277. The number of hydrogen-bond acceptors (Lipinski definition) is 3. The largest absolute Gasteiger partial charge is 0.452 e. The number of aliphatic hydroxyl groups is 1. The molecule has 3 heteroatoms. The van der Waals surface area contributed by atoms with Gasteiger partial charge in [-0.15, -0.1) is 0 Å². The third-order valence-electron chi connectivity index (χ3n) is 4.97. The van der Waals surface area contributed by atoms with Crippen LogP contribution in [0.3, 0.4) is 0 Å². The summed E-state index contributed by atoms with van der Waals surface area (Å²) in [6.07, 6.45) is 10.5. The van der Waals surface area contributed by atoms with Crippen LogP contribution in [-0.4, -0.2) is 22.8 Å². The maximum atomic E-state index is 12.5. The standard InChI is InChI=1S/C20H30O3/c1-14(2)17-11-10-15(3)7-5-8-16-9-6-12-20(4,22)18(13-17)23-19(16)21/h7,9,13-14,18,22H,5-6,8,10-12H2,1-4H3. The maximum absolute atomic E-state index is 12.5. The van der Waals surface area contributed by atoms with Gasteiger partial charge in [0.15, 0.2) is 0 Å². The second-order valence-corrected chi connectivity index (χ2v) is 7.44. The van der Waals surface area contributed by atoms with Gasteiger partial charge in [-0.1, -0.05) is 37.1 Å². The smallest absolute Gasteiger partial charge is 0.334 e. The quantitative estimate of drug-likeness (QED) is 0.573. The van der Waals surface area contributed by atoms with Crippen LogP contribution >= 0.6 is 0 Å². The van der Waals surface area contributed by atoms with Gasteiger partial charge in [-0.05, 0) is 64.4 Å². The van der Waals surface area contributed by atoms with Crippen molar-refractivity contribution >= 4 is 5.97 Å². The van der Waals surface area contributed by atoms with E-state index in [1.807, 2.05) is 12.2 Å². The Balaban J connectivity index is 2.43. The molecule has 2 heterocycles. The van der Waals surface area contributed by atoms with Crippen molar-refractivity contribution < 1.29 is 14.6 Å². The Kier molecular flexibility index (Phi) is 5.85. The van der Waals surface area contributed by atoms with E-state index in [0.717, 1.165) is 24.8 Å². The van der Waals surface area contributed by atoms with Crippen LogP contribution in [0.15, 0.2) is 34.9 Å². The van der Waals surface area contributed by atoms with Crippen molar-refractivity contribution in [1.82, 2.24) is 0 Å². The SMILES string of the molecule is CC1=CCCC2=CCCC(C)(O)C(C=C(C(C)C)CC1)OC2=O. The van der Waals surface area contributed by atoms with Gasteiger partial charge >= 0.3 is 5.97 Å². The molecule has 2 aliphatic rings. The van der Waals surface area contributed by atoms with Crippen LogP contribution in [0.25, 0.3) is 0 Å². The predicted octanol–water partition coefficient (Wildman–Crippen LogP) is 4.47. The van der Waals surface area contributed by atoms with Crippen molar-refractivity contribution in [3.05, 3.63) is 34.9 Å². The minimum Gasteiger partial charge on any atom is -0.452 e. The van der Waals surface area contributed by atoms with Crippen LogP contribution in [0.2, 0.25) is 0 Å². The van der Waals surface area contributed by atoms with E-state index >= 15 is 0 Å². The molecule has 2 bridgehead atoms. The average molecular weight is 318 g/mol. The Labute approximate surface area is 140 Å². The van der Waals surface area contributed by atoms with Gasteiger partial charge in [0.05, 0.1) is 0 Å². The van der Waals surface area contributed by atoms with Gasteiger partial charge in [-0.25, -0.2) is 4.79 Å². The highest BCUT2D eigenvalue weighted by molar-refractivity contribution is 5.88. The highest BCUT2D eigenvalue weighted by atomic mass is 16.6. The number of fused-ring (bicyclic) bond motifs is 3. The molecule has 1 N–H and O–H groups in total. The summed E-state index contributed by atoms with van der Waals surface area (Å²) in [6.45, 7) is 8.24. The minimum atomic E-state index is -1.02. The van der Waals surface area contributed by atoms with Gasteiger partial charge in [0.25, 0.3) is 0 Å². The summed E-state index contributed by atoms with van der Waals surface area (Å²) in [5.74, 6) is 0.0988. The molecule has 2 unspecified atom stereocenters. The van der Waals surface area contributed by atoms with Gasteiger partial charge in [0, 0.05) is 5.57 Å². The monoisotopic (exact) mass is 318 g/mol. The second kappa shape index (κ2) is 7.48. The Morgan fingerprint density at radius 1 is 1.22 bits per heavy atom. The second-order valence-electron chi connectivity index (χ2n) is 7.44. The molecule has 128 valence electrons. The van der Waals surface area contributed by atoms with E-state index in [-0.39, 0.29) is 5.97 Å². The lowest BCUT2D eigenvalue weighted by Gasteiger charge is -2.33. The summed E-state index contributed by atoms with van der Waals surface area (Å²) in [6, 6.07) is 0. The van der Waals surface area contributed by atoms with Gasteiger partial charge in [0.1, 0.15) is 11.7 Å². The maximum Gasteiger partial charge on any atom is 0.334 e. The number of carbonyl (C=O) groups is 1. The van der Waals surface area contributed by atoms with Gasteiger partial charge in [0.2, 0.25) is 0 Å². The van der Waals surface area contributed by atoms with Crippen molar-refractivity contribution in [3.8, 4) is 0 Å². The van der Waals surface area contributed by atoms with Crippen LogP contribution in [0.5, 0.6) is 0 Å².